The standard InChI is InChI=1S/C18H19BrN2O/c19-15-8-2-3-9-16(15)20-12-11-18(22)21-13-5-7-14-6-1-4-10-17(14)21/h1-4,6,8-10,20H,5,7,11-13H2. The molecule has 0 saturated heterocycles. The van der Waals surface area contributed by atoms with Gasteiger partial charge in [0.15, 0.2) is 0 Å². The van der Waals surface area contributed by atoms with Crippen LogP contribution >= 0.6 is 15.9 Å². The number of carbonyl (C=O) groups is 1. The van der Waals surface area contributed by atoms with Crippen LogP contribution in [0.15, 0.2) is 53.0 Å². The van der Waals surface area contributed by atoms with E-state index < -0.39 is 0 Å². The minimum Gasteiger partial charge on any atom is -0.384 e. The van der Waals surface area contributed by atoms with Crippen LogP contribution in [0.3, 0.4) is 0 Å². The van der Waals surface area contributed by atoms with Crippen molar-refractivity contribution in [3.05, 3.63) is 58.6 Å². The van der Waals surface area contributed by atoms with Crippen molar-refractivity contribution in [2.24, 2.45) is 0 Å². The van der Waals surface area contributed by atoms with Gasteiger partial charge in [0.2, 0.25) is 5.91 Å². The maximum absolute atomic E-state index is 12.5. The average Bonchev–Trinajstić information content (AvgIpc) is 2.56. The molecule has 3 nitrogen and oxygen atoms in total. The number of anilines is 2. The van der Waals surface area contributed by atoms with Crippen molar-refractivity contribution in [2.75, 3.05) is 23.3 Å². The predicted octanol–water partition coefficient (Wildman–Crippen LogP) is 4.23. The number of para-hydroxylation sites is 2. The molecule has 1 aliphatic rings. The van der Waals surface area contributed by atoms with Crippen molar-refractivity contribution >= 4 is 33.2 Å². The highest BCUT2D eigenvalue weighted by Gasteiger charge is 2.21. The number of carbonyl (C=O) groups excluding carboxylic acids is 1. The molecule has 0 aromatic heterocycles. The minimum atomic E-state index is 0.187. The normalized spacial score (nSPS) is 13.6. The molecule has 0 bridgehead atoms. The zero-order valence-corrected chi connectivity index (χ0v) is 14.0. The summed E-state index contributed by atoms with van der Waals surface area (Å²) in [6.45, 7) is 1.46. The molecule has 1 amide bonds. The van der Waals surface area contributed by atoms with Crippen molar-refractivity contribution in [3.8, 4) is 0 Å². The lowest BCUT2D eigenvalue weighted by molar-refractivity contribution is -0.118. The second-order valence-corrected chi connectivity index (χ2v) is 6.29. The first kappa shape index (κ1) is 15.1. The van der Waals surface area contributed by atoms with Gasteiger partial charge in [0.25, 0.3) is 0 Å². The average molecular weight is 359 g/mol. The summed E-state index contributed by atoms with van der Waals surface area (Å²) >= 11 is 3.50. The summed E-state index contributed by atoms with van der Waals surface area (Å²) in [6.07, 6.45) is 2.60. The molecule has 0 unspecified atom stereocenters. The fraction of sp³-hybridized carbons (Fsp3) is 0.278. The second-order valence-electron chi connectivity index (χ2n) is 5.43. The molecule has 114 valence electrons. The van der Waals surface area contributed by atoms with E-state index in [1.165, 1.54) is 5.56 Å². The molecular formula is C18H19BrN2O. The molecule has 0 atom stereocenters. The molecule has 22 heavy (non-hydrogen) atoms. The zero-order chi connectivity index (χ0) is 15.4. The van der Waals surface area contributed by atoms with E-state index in [0.717, 1.165) is 35.2 Å². The van der Waals surface area contributed by atoms with E-state index in [1.54, 1.807) is 0 Å². The number of hydrogen-bond donors (Lipinski definition) is 1. The summed E-state index contributed by atoms with van der Waals surface area (Å²) in [5, 5.41) is 3.31. The molecule has 1 aliphatic heterocycles. The SMILES string of the molecule is O=C(CCNc1ccccc1Br)N1CCCc2ccccc21. The number of nitrogens with one attached hydrogen (secondary N) is 1. The van der Waals surface area contributed by atoms with Crippen LogP contribution in [0, 0.1) is 0 Å². The molecule has 0 aliphatic carbocycles. The summed E-state index contributed by atoms with van der Waals surface area (Å²) in [7, 11) is 0. The highest BCUT2D eigenvalue weighted by Crippen LogP contribution is 2.27. The van der Waals surface area contributed by atoms with E-state index in [-0.39, 0.29) is 5.91 Å². The number of benzene rings is 2. The van der Waals surface area contributed by atoms with Crippen molar-refractivity contribution < 1.29 is 4.79 Å². The Morgan fingerprint density at radius 2 is 1.91 bits per heavy atom. The van der Waals surface area contributed by atoms with Crippen molar-refractivity contribution in [1.29, 1.82) is 0 Å². The molecule has 0 fully saturated rings. The van der Waals surface area contributed by atoms with Gasteiger partial charge in [-0.2, -0.15) is 0 Å². The van der Waals surface area contributed by atoms with Gasteiger partial charge in [-0.3, -0.25) is 4.79 Å². The van der Waals surface area contributed by atoms with Gasteiger partial charge < -0.3 is 10.2 Å². The summed E-state index contributed by atoms with van der Waals surface area (Å²) in [4.78, 5) is 14.4. The van der Waals surface area contributed by atoms with Crippen LogP contribution in [-0.2, 0) is 11.2 Å². The third-order valence-corrected chi connectivity index (χ3v) is 4.63. The number of nitrogens with zero attached hydrogens (tertiary/aromatic N) is 1. The molecule has 3 rings (SSSR count). The van der Waals surface area contributed by atoms with E-state index in [0.29, 0.717) is 13.0 Å². The minimum absolute atomic E-state index is 0.187. The monoisotopic (exact) mass is 358 g/mol. The van der Waals surface area contributed by atoms with Crippen LogP contribution in [-0.4, -0.2) is 19.0 Å². The lowest BCUT2D eigenvalue weighted by Gasteiger charge is -2.29. The van der Waals surface area contributed by atoms with E-state index in [2.05, 4.69) is 27.3 Å². The molecule has 0 saturated carbocycles. The van der Waals surface area contributed by atoms with Crippen LogP contribution in [0.4, 0.5) is 11.4 Å². The van der Waals surface area contributed by atoms with Crippen molar-refractivity contribution in [2.45, 2.75) is 19.3 Å². The van der Waals surface area contributed by atoms with Gasteiger partial charge in [-0.05, 0) is 52.5 Å². The Hall–Kier alpha value is -1.81. The van der Waals surface area contributed by atoms with Gasteiger partial charge in [0.1, 0.15) is 0 Å². The number of fused-ring (bicyclic) bond motifs is 1. The second kappa shape index (κ2) is 6.97. The highest BCUT2D eigenvalue weighted by atomic mass is 79.9. The Bertz CT molecular complexity index is 672. The number of amides is 1. The van der Waals surface area contributed by atoms with Crippen molar-refractivity contribution in [1.82, 2.24) is 0 Å². The Morgan fingerprint density at radius 3 is 2.77 bits per heavy atom. The summed E-state index contributed by atoms with van der Waals surface area (Å²) in [5.74, 6) is 0.187. The molecule has 4 heteroatoms. The number of hydrogen-bond acceptors (Lipinski definition) is 2. The maximum atomic E-state index is 12.5. The number of halogens is 1. The molecule has 2 aromatic carbocycles. The van der Waals surface area contributed by atoms with Gasteiger partial charge in [-0.15, -0.1) is 0 Å². The van der Waals surface area contributed by atoms with Gasteiger partial charge in [0, 0.05) is 35.4 Å². The largest absolute Gasteiger partial charge is 0.384 e. The molecule has 1 N–H and O–H groups in total. The lowest BCUT2D eigenvalue weighted by Crippen LogP contribution is -2.36. The smallest absolute Gasteiger partial charge is 0.228 e. The third-order valence-electron chi connectivity index (χ3n) is 3.94. The Balaban J connectivity index is 1.60. The quantitative estimate of drug-likeness (QED) is 0.886. The van der Waals surface area contributed by atoms with E-state index >= 15 is 0 Å². The van der Waals surface area contributed by atoms with Gasteiger partial charge in [-0.25, -0.2) is 0 Å². The molecule has 0 radical (unpaired) electrons. The predicted molar refractivity (Wildman–Crippen MR) is 94.4 cm³/mol. The van der Waals surface area contributed by atoms with Crippen LogP contribution in [0.25, 0.3) is 0 Å². The van der Waals surface area contributed by atoms with Gasteiger partial charge in [-0.1, -0.05) is 30.3 Å². The summed E-state index contributed by atoms with van der Waals surface area (Å²) in [6, 6.07) is 16.2. The van der Waals surface area contributed by atoms with E-state index in [4.69, 9.17) is 0 Å². The van der Waals surface area contributed by atoms with Crippen LogP contribution < -0.4 is 10.2 Å². The summed E-state index contributed by atoms with van der Waals surface area (Å²) in [5.41, 5.74) is 3.38. The van der Waals surface area contributed by atoms with Crippen LogP contribution in [0.2, 0.25) is 0 Å². The number of rotatable bonds is 4. The lowest BCUT2D eigenvalue weighted by atomic mass is 10.0. The first-order valence-electron chi connectivity index (χ1n) is 7.62. The zero-order valence-electron chi connectivity index (χ0n) is 12.4. The van der Waals surface area contributed by atoms with E-state index in [9.17, 15) is 4.79 Å². The molecule has 1 heterocycles. The van der Waals surface area contributed by atoms with Crippen LogP contribution in [0.5, 0.6) is 0 Å². The summed E-state index contributed by atoms with van der Waals surface area (Å²) < 4.78 is 1.02. The molecule has 0 spiro atoms. The Kier molecular flexibility index (Phi) is 4.78. The van der Waals surface area contributed by atoms with Crippen molar-refractivity contribution in [3.63, 3.8) is 0 Å². The third kappa shape index (κ3) is 3.33. The fourth-order valence-electron chi connectivity index (χ4n) is 2.84. The maximum Gasteiger partial charge on any atom is 0.228 e. The topological polar surface area (TPSA) is 32.3 Å². The fourth-order valence-corrected chi connectivity index (χ4v) is 3.26. The molecular weight excluding hydrogens is 340 g/mol. The first-order valence-corrected chi connectivity index (χ1v) is 8.41. The molecule has 2 aromatic rings. The highest BCUT2D eigenvalue weighted by molar-refractivity contribution is 9.10. The first-order chi connectivity index (χ1) is 10.8. The van der Waals surface area contributed by atoms with Crippen LogP contribution in [0.1, 0.15) is 18.4 Å². The number of aryl methyl sites for hydroxylation is 1. The van der Waals surface area contributed by atoms with E-state index in [1.807, 2.05) is 47.4 Å². The van der Waals surface area contributed by atoms with Gasteiger partial charge in [0.05, 0.1) is 0 Å². The Labute approximate surface area is 139 Å². The van der Waals surface area contributed by atoms with Gasteiger partial charge >= 0.3 is 0 Å². The Morgan fingerprint density at radius 1 is 1.14 bits per heavy atom.